The summed E-state index contributed by atoms with van der Waals surface area (Å²) in [6, 6.07) is 18.3. The van der Waals surface area contributed by atoms with Gasteiger partial charge in [0.1, 0.15) is 0 Å². The number of hydrogen-bond donors (Lipinski definition) is 0. The van der Waals surface area contributed by atoms with Gasteiger partial charge in [0.05, 0.1) is 34.4 Å². The summed E-state index contributed by atoms with van der Waals surface area (Å²) >= 11 is 0. The Morgan fingerprint density at radius 1 is 0.667 bits per heavy atom. The highest BCUT2D eigenvalue weighted by Crippen LogP contribution is 2.44. The van der Waals surface area contributed by atoms with Crippen LogP contribution in [0.4, 0.5) is 0 Å². The summed E-state index contributed by atoms with van der Waals surface area (Å²) in [5, 5.41) is 9.19. The summed E-state index contributed by atoms with van der Waals surface area (Å²) in [5.41, 5.74) is 12.1. The molecule has 4 heteroatoms. The van der Waals surface area contributed by atoms with E-state index < -0.39 is 0 Å². The number of rotatable bonds is 1. The van der Waals surface area contributed by atoms with Gasteiger partial charge in [-0.25, -0.2) is 4.98 Å². The molecule has 142 valence electrons. The second kappa shape index (κ2) is 6.60. The van der Waals surface area contributed by atoms with Gasteiger partial charge in [-0.15, -0.1) is 0 Å². The maximum Gasteiger partial charge on any atom is 0.0991 e. The van der Waals surface area contributed by atoms with Gasteiger partial charge in [-0.1, -0.05) is 24.3 Å². The lowest BCUT2D eigenvalue weighted by Crippen LogP contribution is -2.16. The van der Waals surface area contributed by atoms with Crippen molar-refractivity contribution in [2.45, 2.75) is 25.7 Å². The van der Waals surface area contributed by atoms with Crippen molar-refractivity contribution >= 4 is 0 Å². The van der Waals surface area contributed by atoms with E-state index in [0.717, 1.165) is 54.0 Å². The van der Waals surface area contributed by atoms with Crippen molar-refractivity contribution in [2.75, 3.05) is 0 Å². The van der Waals surface area contributed by atoms with E-state index in [-0.39, 0.29) is 0 Å². The monoisotopic (exact) mass is 386 g/mol. The van der Waals surface area contributed by atoms with Gasteiger partial charge in [-0.3, -0.25) is 9.97 Å². The van der Waals surface area contributed by atoms with Crippen molar-refractivity contribution in [1.82, 2.24) is 15.0 Å². The van der Waals surface area contributed by atoms with E-state index in [2.05, 4.69) is 18.2 Å². The van der Waals surface area contributed by atoms with E-state index in [0.29, 0.717) is 5.56 Å². The fourth-order valence-corrected chi connectivity index (χ4v) is 4.81. The van der Waals surface area contributed by atoms with Gasteiger partial charge < -0.3 is 0 Å². The Balaban J connectivity index is 1.69. The summed E-state index contributed by atoms with van der Waals surface area (Å²) in [6.45, 7) is 0. The standard InChI is InChI=1S/C26H18N4/c27-15-16-5-7-19(8-6-16)23-20-11-9-17-3-1-13-28-24(17)22(20)21-12-10-18-4-2-14-29-25(18)26(21)30-23/h1-8,13-14H,9-12H2. The molecular weight excluding hydrogens is 368 g/mol. The molecule has 3 aromatic heterocycles. The molecule has 1 aromatic carbocycles. The number of nitrogens with zero attached hydrogens (tertiary/aromatic N) is 4. The summed E-state index contributed by atoms with van der Waals surface area (Å²) in [4.78, 5) is 14.7. The number of aryl methyl sites for hydroxylation is 2. The van der Waals surface area contributed by atoms with E-state index in [1.165, 1.54) is 27.8 Å². The molecule has 4 nitrogen and oxygen atoms in total. The first-order valence-electron chi connectivity index (χ1n) is 10.3. The van der Waals surface area contributed by atoms with Crippen LogP contribution in [0, 0.1) is 11.3 Å². The molecule has 0 unspecified atom stereocenters. The lowest BCUT2D eigenvalue weighted by Gasteiger charge is -2.28. The molecule has 2 aliphatic rings. The van der Waals surface area contributed by atoms with Crippen molar-refractivity contribution in [1.29, 1.82) is 5.26 Å². The molecule has 0 spiro atoms. The predicted molar refractivity (Wildman–Crippen MR) is 116 cm³/mol. The summed E-state index contributed by atoms with van der Waals surface area (Å²) in [6.07, 6.45) is 7.57. The fourth-order valence-electron chi connectivity index (χ4n) is 4.81. The number of fused-ring (bicyclic) bond motifs is 7. The molecule has 2 aliphatic carbocycles. The lowest BCUT2D eigenvalue weighted by molar-refractivity contribution is 0.875. The zero-order chi connectivity index (χ0) is 20.1. The zero-order valence-corrected chi connectivity index (χ0v) is 16.4. The Morgan fingerprint density at radius 2 is 1.30 bits per heavy atom. The topological polar surface area (TPSA) is 62.5 Å². The lowest BCUT2D eigenvalue weighted by atomic mass is 9.79. The second-order valence-corrected chi connectivity index (χ2v) is 7.85. The normalized spacial score (nSPS) is 13.4. The molecule has 0 amide bonds. The molecule has 3 heterocycles. The minimum absolute atomic E-state index is 0.657. The van der Waals surface area contributed by atoms with Crippen LogP contribution >= 0.6 is 0 Å². The van der Waals surface area contributed by atoms with Crippen molar-refractivity contribution in [3.05, 3.63) is 88.7 Å². The average Bonchev–Trinajstić information content (AvgIpc) is 2.83. The van der Waals surface area contributed by atoms with Gasteiger partial charge in [0.2, 0.25) is 0 Å². The molecule has 4 aromatic rings. The van der Waals surface area contributed by atoms with Crippen molar-refractivity contribution in [3.63, 3.8) is 0 Å². The first-order chi connectivity index (χ1) is 14.8. The Kier molecular flexibility index (Phi) is 3.75. The highest BCUT2D eigenvalue weighted by atomic mass is 14.8. The van der Waals surface area contributed by atoms with Crippen LogP contribution in [0.3, 0.4) is 0 Å². The van der Waals surface area contributed by atoms with Crippen LogP contribution in [0.2, 0.25) is 0 Å². The van der Waals surface area contributed by atoms with Gasteiger partial charge in [-0.05, 0) is 72.2 Å². The molecule has 30 heavy (non-hydrogen) atoms. The van der Waals surface area contributed by atoms with Crippen LogP contribution in [0.1, 0.15) is 27.8 Å². The number of nitriles is 1. The minimum atomic E-state index is 0.657. The third kappa shape index (κ3) is 2.49. The van der Waals surface area contributed by atoms with E-state index in [9.17, 15) is 5.26 Å². The molecule has 6 rings (SSSR count). The van der Waals surface area contributed by atoms with Crippen LogP contribution in [-0.4, -0.2) is 15.0 Å². The molecule has 0 fully saturated rings. The van der Waals surface area contributed by atoms with Crippen molar-refractivity contribution < 1.29 is 0 Å². The van der Waals surface area contributed by atoms with Crippen LogP contribution in [0.25, 0.3) is 33.9 Å². The molecule has 0 saturated carbocycles. The summed E-state index contributed by atoms with van der Waals surface area (Å²) < 4.78 is 0. The predicted octanol–water partition coefficient (Wildman–Crippen LogP) is 4.94. The first kappa shape index (κ1) is 17.1. The highest BCUT2D eigenvalue weighted by molar-refractivity contribution is 5.86. The third-order valence-corrected chi connectivity index (χ3v) is 6.22. The van der Waals surface area contributed by atoms with Crippen molar-refractivity contribution in [3.8, 4) is 40.0 Å². The zero-order valence-electron chi connectivity index (χ0n) is 16.4. The molecule has 0 radical (unpaired) electrons. The SMILES string of the molecule is N#Cc1ccc(-c2nc3c(c4c2CCc2cccnc2-4)CCc2cccnc2-3)cc1. The van der Waals surface area contributed by atoms with Crippen LogP contribution in [0.15, 0.2) is 60.9 Å². The average molecular weight is 386 g/mol. The maximum atomic E-state index is 9.19. The quantitative estimate of drug-likeness (QED) is 0.465. The largest absolute Gasteiger partial charge is 0.256 e. The van der Waals surface area contributed by atoms with Crippen molar-refractivity contribution in [2.24, 2.45) is 0 Å². The smallest absolute Gasteiger partial charge is 0.0991 e. The number of hydrogen-bond acceptors (Lipinski definition) is 4. The molecule has 0 aliphatic heterocycles. The first-order valence-corrected chi connectivity index (χ1v) is 10.3. The Morgan fingerprint density at radius 3 is 2.00 bits per heavy atom. The molecular formula is C26H18N4. The highest BCUT2D eigenvalue weighted by Gasteiger charge is 2.30. The van der Waals surface area contributed by atoms with Gasteiger partial charge in [0, 0.05) is 23.5 Å². The van der Waals surface area contributed by atoms with Crippen LogP contribution < -0.4 is 0 Å². The molecule has 0 saturated heterocycles. The van der Waals surface area contributed by atoms with Gasteiger partial charge in [0.15, 0.2) is 0 Å². The minimum Gasteiger partial charge on any atom is -0.256 e. The summed E-state index contributed by atoms with van der Waals surface area (Å²) in [7, 11) is 0. The van der Waals surface area contributed by atoms with Crippen LogP contribution in [0.5, 0.6) is 0 Å². The summed E-state index contributed by atoms with van der Waals surface area (Å²) in [5.74, 6) is 0. The Hall–Kier alpha value is -3.84. The molecule has 0 N–H and O–H groups in total. The van der Waals surface area contributed by atoms with E-state index in [1.54, 1.807) is 0 Å². The van der Waals surface area contributed by atoms with Gasteiger partial charge in [0.25, 0.3) is 0 Å². The van der Waals surface area contributed by atoms with E-state index in [1.807, 2.05) is 48.8 Å². The maximum absolute atomic E-state index is 9.19. The molecule has 0 atom stereocenters. The Bertz CT molecular complexity index is 1350. The van der Waals surface area contributed by atoms with Gasteiger partial charge >= 0.3 is 0 Å². The van der Waals surface area contributed by atoms with E-state index in [4.69, 9.17) is 15.0 Å². The van der Waals surface area contributed by atoms with Crippen LogP contribution in [-0.2, 0) is 25.7 Å². The fraction of sp³-hybridized carbons (Fsp3) is 0.154. The Labute approximate surface area is 174 Å². The number of benzene rings is 1. The third-order valence-electron chi connectivity index (χ3n) is 6.22. The van der Waals surface area contributed by atoms with E-state index >= 15 is 0 Å². The van der Waals surface area contributed by atoms with Gasteiger partial charge in [-0.2, -0.15) is 5.26 Å². The number of aromatic nitrogens is 3. The number of pyridine rings is 3. The molecule has 0 bridgehead atoms. The second-order valence-electron chi connectivity index (χ2n) is 7.85.